The topological polar surface area (TPSA) is 55.2 Å². The molecule has 0 unspecified atom stereocenters. The number of ether oxygens (including phenoxy) is 1. The highest BCUT2D eigenvalue weighted by atomic mass is 32.1. The van der Waals surface area contributed by atoms with Gasteiger partial charge in [-0.05, 0) is 29.1 Å². The quantitative estimate of drug-likeness (QED) is 0.572. The first-order valence-corrected chi connectivity index (χ1v) is 7.17. The summed E-state index contributed by atoms with van der Waals surface area (Å²) >= 11 is 4.81. The number of halogens is 3. The Morgan fingerprint density at radius 3 is 2.71 bits per heavy atom. The molecule has 9 heteroatoms. The second-order valence-corrected chi connectivity index (χ2v) is 5.20. The molecule has 0 spiro atoms. The van der Waals surface area contributed by atoms with E-state index in [1.54, 1.807) is 6.07 Å². The fourth-order valence-electron chi connectivity index (χ4n) is 2.28. The van der Waals surface area contributed by atoms with Crippen molar-refractivity contribution in [3.05, 3.63) is 52.6 Å². The summed E-state index contributed by atoms with van der Waals surface area (Å²) in [6, 6.07) is 11.0. The van der Waals surface area contributed by atoms with Gasteiger partial charge < -0.3 is 4.74 Å². The maximum absolute atomic E-state index is 12.9. The molecule has 1 aromatic heterocycles. The number of fused-ring (bicyclic) bond motifs is 1. The molecule has 0 aliphatic heterocycles. The second-order valence-electron chi connectivity index (χ2n) is 4.81. The van der Waals surface area contributed by atoms with Gasteiger partial charge in [-0.15, -0.1) is 5.10 Å². The molecule has 24 heavy (non-hydrogen) atoms. The normalized spacial score (nSPS) is 12.2. The van der Waals surface area contributed by atoms with Crippen molar-refractivity contribution in [1.29, 1.82) is 0 Å². The molecule has 5 nitrogen and oxygen atoms in total. The zero-order valence-electron chi connectivity index (χ0n) is 12.3. The van der Waals surface area contributed by atoms with Gasteiger partial charge in [-0.1, -0.05) is 30.3 Å². The van der Waals surface area contributed by atoms with Crippen LogP contribution < -0.4 is 4.74 Å². The summed E-state index contributed by atoms with van der Waals surface area (Å²) in [7, 11) is 1.48. The number of H-pyrrole nitrogens is 1. The average molecular weight is 352 g/mol. The van der Waals surface area contributed by atoms with Gasteiger partial charge in [0.25, 0.3) is 5.82 Å². The van der Waals surface area contributed by atoms with Gasteiger partial charge >= 0.3 is 6.18 Å². The van der Waals surface area contributed by atoms with Crippen molar-refractivity contribution in [1.82, 2.24) is 14.9 Å². The molecule has 3 rings (SSSR count). The van der Waals surface area contributed by atoms with Crippen LogP contribution in [0.5, 0.6) is 5.75 Å². The van der Waals surface area contributed by atoms with Crippen molar-refractivity contribution in [2.24, 2.45) is 5.10 Å². The largest absolute Gasteiger partial charge is 0.496 e. The molecule has 0 atom stereocenters. The molecular formula is C15H11F3N4OS. The van der Waals surface area contributed by atoms with E-state index < -0.39 is 12.0 Å². The van der Waals surface area contributed by atoms with Gasteiger partial charge in [0.1, 0.15) is 5.75 Å². The lowest BCUT2D eigenvalue weighted by Crippen LogP contribution is -2.12. The number of methoxy groups -OCH3 is 1. The summed E-state index contributed by atoms with van der Waals surface area (Å²) in [4.78, 5) is 0. The Morgan fingerprint density at radius 1 is 1.25 bits per heavy atom. The Balaban J connectivity index is 2.16. The van der Waals surface area contributed by atoms with Gasteiger partial charge in [-0.2, -0.15) is 22.9 Å². The van der Waals surface area contributed by atoms with E-state index in [4.69, 9.17) is 17.0 Å². The minimum Gasteiger partial charge on any atom is -0.496 e. The van der Waals surface area contributed by atoms with Crippen LogP contribution in [0.15, 0.2) is 41.5 Å². The van der Waals surface area contributed by atoms with E-state index in [1.165, 1.54) is 13.3 Å². The fraction of sp³-hybridized carbons (Fsp3) is 0.133. The van der Waals surface area contributed by atoms with Gasteiger partial charge in [0.2, 0.25) is 4.77 Å². The van der Waals surface area contributed by atoms with Crippen LogP contribution >= 0.6 is 12.2 Å². The Hall–Kier alpha value is -2.68. The molecule has 124 valence electrons. The number of aromatic amines is 1. The molecule has 1 N–H and O–H groups in total. The van der Waals surface area contributed by atoms with Crippen LogP contribution in [0.3, 0.4) is 0 Å². The molecule has 3 aromatic rings. The van der Waals surface area contributed by atoms with E-state index in [1.807, 2.05) is 30.3 Å². The first kappa shape index (κ1) is 16.2. The lowest BCUT2D eigenvalue weighted by molar-refractivity contribution is -0.147. The number of benzene rings is 2. The fourth-order valence-corrected chi connectivity index (χ4v) is 2.46. The molecule has 0 aliphatic rings. The van der Waals surface area contributed by atoms with Crippen molar-refractivity contribution in [2.75, 3.05) is 7.11 Å². The van der Waals surface area contributed by atoms with Crippen molar-refractivity contribution in [2.45, 2.75) is 6.18 Å². The Bertz CT molecular complexity index is 975. The van der Waals surface area contributed by atoms with Crippen molar-refractivity contribution >= 4 is 29.2 Å². The van der Waals surface area contributed by atoms with Gasteiger partial charge in [-0.3, -0.25) is 0 Å². The molecule has 0 bridgehead atoms. The Morgan fingerprint density at radius 2 is 2.00 bits per heavy atom. The van der Waals surface area contributed by atoms with Gasteiger partial charge in [0, 0.05) is 5.56 Å². The molecule has 1 heterocycles. The van der Waals surface area contributed by atoms with Crippen LogP contribution in [0.4, 0.5) is 13.2 Å². The number of aromatic nitrogens is 3. The third-order valence-corrected chi connectivity index (χ3v) is 3.62. The summed E-state index contributed by atoms with van der Waals surface area (Å²) in [5.41, 5.74) is 0.548. The number of nitrogens with one attached hydrogen (secondary N) is 1. The van der Waals surface area contributed by atoms with E-state index >= 15 is 0 Å². The second kappa shape index (κ2) is 6.08. The van der Waals surface area contributed by atoms with Crippen LogP contribution in [0, 0.1) is 4.77 Å². The third-order valence-electron chi connectivity index (χ3n) is 3.36. The molecule has 0 amide bonds. The molecule has 0 aliphatic carbocycles. The van der Waals surface area contributed by atoms with Crippen LogP contribution in [-0.2, 0) is 6.18 Å². The lowest BCUT2D eigenvalue weighted by Gasteiger charge is -2.09. The van der Waals surface area contributed by atoms with Crippen molar-refractivity contribution in [3.63, 3.8) is 0 Å². The summed E-state index contributed by atoms with van der Waals surface area (Å²) in [6.45, 7) is 0. The summed E-state index contributed by atoms with van der Waals surface area (Å²) in [5.74, 6) is -0.732. The number of alkyl halides is 3. The van der Waals surface area contributed by atoms with Crippen molar-refractivity contribution in [3.8, 4) is 5.75 Å². The molecule has 0 saturated heterocycles. The maximum Gasteiger partial charge on any atom is 0.453 e. The monoisotopic (exact) mass is 352 g/mol. The summed E-state index contributed by atoms with van der Waals surface area (Å²) in [6.07, 6.45) is -3.39. The molecule has 0 radical (unpaired) electrons. The van der Waals surface area contributed by atoms with Gasteiger partial charge in [-0.25, -0.2) is 5.10 Å². The lowest BCUT2D eigenvalue weighted by atomic mass is 10.0. The Kier molecular flexibility index (Phi) is 4.10. The predicted octanol–water partition coefficient (Wildman–Crippen LogP) is 4.00. The highest BCUT2D eigenvalue weighted by Crippen LogP contribution is 2.29. The molecular weight excluding hydrogens is 341 g/mol. The zero-order chi connectivity index (χ0) is 17.3. The van der Waals surface area contributed by atoms with Gasteiger partial charge in [0.05, 0.1) is 13.3 Å². The summed E-state index contributed by atoms with van der Waals surface area (Å²) < 4.78 is 44.4. The molecule has 0 saturated carbocycles. The molecule has 2 aromatic carbocycles. The van der Waals surface area contributed by atoms with Crippen LogP contribution in [0.1, 0.15) is 11.4 Å². The van der Waals surface area contributed by atoms with E-state index in [9.17, 15) is 13.2 Å². The van der Waals surface area contributed by atoms with E-state index in [0.717, 1.165) is 10.8 Å². The molecule has 0 fully saturated rings. The predicted molar refractivity (Wildman–Crippen MR) is 85.9 cm³/mol. The highest BCUT2D eigenvalue weighted by Gasteiger charge is 2.37. The van der Waals surface area contributed by atoms with Crippen molar-refractivity contribution < 1.29 is 17.9 Å². The Labute approximate surface area is 139 Å². The SMILES string of the molecule is COc1ccc2ccccc2c1C=Nn1c(C(F)(F)F)n[nH]c1=S. The number of rotatable bonds is 3. The van der Waals surface area contributed by atoms with Crippen LogP contribution in [0.25, 0.3) is 10.8 Å². The van der Waals surface area contributed by atoms with Crippen LogP contribution in [-0.4, -0.2) is 28.2 Å². The summed E-state index contributed by atoms with van der Waals surface area (Å²) in [5, 5.41) is 10.8. The van der Waals surface area contributed by atoms with E-state index in [0.29, 0.717) is 16.0 Å². The number of nitrogens with zero attached hydrogens (tertiary/aromatic N) is 3. The van der Waals surface area contributed by atoms with E-state index in [-0.39, 0.29) is 4.77 Å². The number of hydrogen-bond acceptors (Lipinski definition) is 4. The average Bonchev–Trinajstić information content (AvgIpc) is 2.93. The third kappa shape index (κ3) is 2.90. The first-order valence-electron chi connectivity index (χ1n) is 6.76. The standard InChI is InChI=1S/C15H11F3N4OS/c1-23-12-7-6-9-4-2-3-5-10(9)11(12)8-19-22-13(15(16,17)18)20-21-14(22)24/h2-8H,1H3,(H,21,24). The smallest absolute Gasteiger partial charge is 0.453 e. The highest BCUT2D eigenvalue weighted by molar-refractivity contribution is 7.71. The minimum absolute atomic E-state index is 0.252. The number of hydrogen-bond donors (Lipinski definition) is 1. The van der Waals surface area contributed by atoms with E-state index in [2.05, 4.69) is 15.3 Å². The zero-order valence-corrected chi connectivity index (χ0v) is 13.1. The first-order chi connectivity index (χ1) is 11.4. The maximum atomic E-state index is 12.9. The minimum atomic E-state index is -4.67. The van der Waals surface area contributed by atoms with Crippen LogP contribution in [0.2, 0.25) is 0 Å². The van der Waals surface area contributed by atoms with Gasteiger partial charge in [0.15, 0.2) is 0 Å².